The SMILES string of the molecule is CCNC(=NCC(c1cccs1)N(C)C)NCCc1ncc(C)s1. The van der Waals surface area contributed by atoms with Crippen LogP contribution in [-0.4, -0.2) is 49.6 Å². The Kier molecular flexibility index (Phi) is 7.68. The van der Waals surface area contributed by atoms with E-state index >= 15 is 0 Å². The Hall–Kier alpha value is -1.44. The van der Waals surface area contributed by atoms with Gasteiger partial charge in [-0.2, -0.15) is 0 Å². The number of guanidine groups is 1. The van der Waals surface area contributed by atoms with Crippen molar-refractivity contribution in [3.8, 4) is 0 Å². The molecule has 2 N–H and O–H groups in total. The van der Waals surface area contributed by atoms with Crippen molar-refractivity contribution in [2.45, 2.75) is 26.3 Å². The average Bonchev–Trinajstić information content (AvgIpc) is 3.19. The molecule has 2 heterocycles. The Morgan fingerprint density at radius 1 is 1.38 bits per heavy atom. The standard InChI is InChI=1S/C17H27N5S2/c1-5-18-17(19-9-8-16-20-11-13(2)24-16)21-12-14(22(3)4)15-7-6-10-23-15/h6-7,10-11,14H,5,8-9,12H2,1-4H3,(H2,18,19,21). The van der Waals surface area contributed by atoms with Crippen molar-refractivity contribution in [1.29, 1.82) is 0 Å². The van der Waals surface area contributed by atoms with Crippen LogP contribution in [0.4, 0.5) is 0 Å². The van der Waals surface area contributed by atoms with Gasteiger partial charge in [-0.05, 0) is 39.4 Å². The topological polar surface area (TPSA) is 52.6 Å². The molecule has 2 aromatic rings. The van der Waals surface area contributed by atoms with Crippen molar-refractivity contribution >= 4 is 28.6 Å². The third-order valence-electron chi connectivity index (χ3n) is 3.56. The van der Waals surface area contributed by atoms with Crippen molar-refractivity contribution in [3.05, 3.63) is 38.5 Å². The van der Waals surface area contributed by atoms with Crippen LogP contribution in [-0.2, 0) is 6.42 Å². The molecule has 1 atom stereocenters. The zero-order chi connectivity index (χ0) is 17.4. The Morgan fingerprint density at radius 2 is 2.21 bits per heavy atom. The molecule has 0 amide bonds. The zero-order valence-electron chi connectivity index (χ0n) is 14.9. The van der Waals surface area contributed by atoms with E-state index in [1.807, 2.05) is 6.20 Å². The maximum Gasteiger partial charge on any atom is 0.191 e. The largest absolute Gasteiger partial charge is 0.357 e. The highest BCUT2D eigenvalue weighted by Gasteiger charge is 2.14. The Morgan fingerprint density at radius 3 is 2.79 bits per heavy atom. The Labute approximate surface area is 152 Å². The number of likely N-dealkylation sites (N-methyl/N-ethyl adjacent to an activating group) is 1. The smallest absolute Gasteiger partial charge is 0.191 e. The van der Waals surface area contributed by atoms with E-state index < -0.39 is 0 Å². The molecule has 0 aliphatic carbocycles. The minimum atomic E-state index is 0.307. The molecular weight excluding hydrogens is 338 g/mol. The Bertz CT molecular complexity index is 619. The minimum absolute atomic E-state index is 0.307. The summed E-state index contributed by atoms with van der Waals surface area (Å²) in [7, 11) is 4.20. The summed E-state index contributed by atoms with van der Waals surface area (Å²) in [5, 5.41) is 10.0. The lowest BCUT2D eigenvalue weighted by Crippen LogP contribution is -2.39. The van der Waals surface area contributed by atoms with E-state index in [-0.39, 0.29) is 0 Å². The maximum absolute atomic E-state index is 4.77. The van der Waals surface area contributed by atoms with E-state index in [2.05, 4.69) is 66.0 Å². The normalized spacial score (nSPS) is 13.3. The van der Waals surface area contributed by atoms with Gasteiger partial charge < -0.3 is 15.5 Å². The van der Waals surface area contributed by atoms with Crippen LogP contribution in [0.15, 0.2) is 28.7 Å². The van der Waals surface area contributed by atoms with Crippen LogP contribution in [0, 0.1) is 6.92 Å². The van der Waals surface area contributed by atoms with E-state index in [4.69, 9.17) is 4.99 Å². The van der Waals surface area contributed by atoms with Gasteiger partial charge in [0.15, 0.2) is 5.96 Å². The lowest BCUT2D eigenvalue weighted by Gasteiger charge is -2.22. The average molecular weight is 366 g/mol. The molecule has 24 heavy (non-hydrogen) atoms. The van der Waals surface area contributed by atoms with Crippen molar-refractivity contribution in [2.75, 3.05) is 33.7 Å². The van der Waals surface area contributed by atoms with Crippen molar-refractivity contribution in [1.82, 2.24) is 20.5 Å². The molecule has 0 aromatic carbocycles. The summed E-state index contributed by atoms with van der Waals surface area (Å²) < 4.78 is 0. The zero-order valence-corrected chi connectivity index (χ0v) is 16.5. The Balaban J connectivity index is 1.91. The fraction of sp³-hybridized carbons (Fsp3) is 0.529. The van der Waals surface area contributed by atoms with Gasteiger partial charge in [0.1, 0.15) is 0 Å². The monoisotopic (exact) mass is 365 g/mol. The van der Waals surface area contributed by atoms with Crippen molar-refractivity contribution < 1.29 is 0 Å². The van der Waals surface area contributed by atoms with Crippen LogP contribution in [0.3, 0.4) is 0 Å². The summed E-state index contributed by atoms with van der Waals surface area (Å²) in [6, 6.07) is 4.58. The predicted octanol–water partition coefficient (Wildman–Crippen LogP) is 2.91. The molecule has 7 heteroatoms. The summed E-state index contributed by atoms with van der Waals surface area (Å²) in [4.78, 5) is 14.0. The summed E-state index contributed by atoms with van der Waals surface area (Å²) >= 11 is 3.54. The number of aromatic nitrogens is 1. The van der Waals surface area contributed by atoms with Gasteiger partial charge in [-0.3, -0.25) is 4.99 Å². The molecule has 0 saturated carbocycles. The van der Waals surface area contributed by atoms with Crippen molar-refractivity contribution in [3.63, 3.8) is 0 Å². The fourth-order valence-corrected chi connectivity index (χ4v) is 4.01. The van der Waals surface area contributed by atoms with Crippen LogP contribution in [0.25, 0.3) is 0 Å². The molecule has 1 unspecified atom stereocenters. The van der Waals surface area contributed by atoms with Crippen LogP contribution >= 0.6 is 22.7 Å². The molecule has 0 radical (unpaired) electrons. The first-order valence-corrected chi connectivity index (χ1v) is 9.93. The van der Waals surface area contributed by atoms with Gasteiger partial charge >= 0.3 is 0 Å². The first-order chi connectivity index (χ1) is 11.6. The predicted molar refractivity (Wildman–Crippen MR) is 105 cm³/mol. The first-order valence-electron chi connectivity index (χ1n) is 8.23. The number of thiophene rings is 1. The summed E-state index contributed by atoms with van der Waals surface area (Å²) in [6.07, 6.45) is 2.85. The highest BCUT2D eigenvalue weighted by atomic mass is 32.1. The van der Waals surface area contributed by atoms with Gasteiger partial charge in [0.2, 0.25) is 0 Å². The van der Waals surface area contributed by atoms with Crippen molar-refractivity contribution in [2.24, 2.45) is 4.99 Å². The van der Waals surface area contributed by atoms with E-state index in [9.17, 15) is 0 Å². The molecule has 0 saturated heterocycles. The second-order valence-electron chi connectivity index (χ2n) is 5.76. The molecule has 0 aliphatic rings. The van der Waals surface area contributed by atoms with Gasteiger partial charge in [-0.1, -0.05) is 6.07 Å². The van der Waals surface area contributed by atoms with E-state index in [1.165, 1.54) is 14.8 Å². The van der Waals surface area contributed by atoms with E-state index in [1.54, 1.807) is 22.7 Å². The van der Waals surface area contributed by atoms with Gasteiger partial charge in [0.25, 0.3) is 0 Å². The summed E-state index contributed by atoms with van der Waals surface area (Å²) in [5.74, 6) is 0.870. The number of hydrogen-bond donors (Lipinski definition) is 2. The second-order valence-corrected chi connectivity index (χ2v) is 8.05. The molecule has 0 fully saturated rings. The lowest BCUT2D eigenvalue weighted by molar-refractivity contribution is 0.310. The molecule has 0 bridgehead atoms. The van der Waals surface area contributed by atoms with Gasteiger partial charge in [0.05, 0.1) is 17.6 Å². The lowest BCUT2D eigenvalue weighted by atomic mass is 10.2. The number of aliphatic imine (C=N–C) groups is 1. The van der Waals surface area contributed by atoms with Gasteiger partial charge in [-0.25, -0.2) is 4.98 Å². The van der Waals surface area contributed by atoms with Crippen LogP contribution in [0.2, 0.25) is 0 Å². The second kappa shape index (κ2) is 9.76. The molecule has 0 aliphatic heterocycles. The maximum atomic E-state index is 4.77. The molecule has 2 rings (SSSR count). The molecule has 5 nitrogen and oxygen atoms in total. The van der Waals surface area contributed by atoms with Gasteiger partial charge in [-0.15, -0.1) is 22.7 Å². The number of nitrogens with one attached hydrogen (secondary N) is 2. The third-order valence-corrected chi connectivity index (χ3v) is 5.51. The van der Waals surface area contributed by atoms with Crippen LogP contribution in [0.5, 0.6) is 0 Å². The minimum Gasteiger partial charge on any atom is -0.357 e. The van der Waals surface area contributed by atoms with Crippen LogP contribution < -0.4 is 10.6 Å². The number of nitrogens with zero attached hydrogens (tertiary/aromatic N) is 3. The summed E-state index contributed by atoms with van der Waals surface area (Å²) in [5.41, 5.74) is 0. The van der Waals surface area contributed by atoms with Crippen LogP contribution in [0.1, 0.15) is 27.7 Å². The van der Waals surface area contributed by atoms with Gasteiger partial charge in [0, 0.05) is 35.5 Å². The first kappa shape index (κ1) is 18.9. The highest BCUT2D eigenvalue weighted by molar-refractivity contribution is 7.11. The molecule has 0 spiro atoms. The fourth-order valence-electron chi connectivity index (χ4n) is 2.31. The molecule has 132 valence electrons. The summed E-state index contributed by atoms with van der Waals surface area (Å²) in [6.45, 7) is 6.60. The third kappa shape index (κ3) is 5.89. The highest BCUT2D eigenvalue weighted by Crippen LogP contribution is 2.23. The van der Waals surface area contributed by atoms with E-state index in [0.717, 1.165) is 32.0 Å². The number of rotatable bonds is 8. The van der Waals surface area contributed by atoms with E-state index in [0.29, 0.717) is 6.04 Å². The number of aryl methyl sites for hydroxylation is 1. The quantitative estimate of drug-likeness (QED) is 0.558. The number of thiazole rings is 1. The number of hydrogen-bond acceptors (Lipinski definition) is 5. The molecular formula is C17H27N5S2. The molecule has 2 aromatic heterocycles.